The zero-order valence-electron chi connectivity index (χ0n) is 20.1. The lowest BCUT2D eigenvalue weighted by Crippen LogP contribution is -2.50. The maximum atomic E-state index is 13.0. The monoisotopic (exact) mass is 476 g/mol. The number of carboxylic acid groups (broad SMARTS) is 1. The second kappa shape index (κ2) is 9.02. The van der Waals surface area contributed by atoms with Gasteiger partial charge in [0.2, 0.25) is 5.91 Å². The number of hydrogen-bond donors (Lipinski definition) is 3. The number of carbonyl (C=O) groups is 3. The molecule has 2 aromatic rings. The van der Waals surface area contributed by atoms with Gasteiger partial charge in [-0.05, 0) is 59.8 Å². The van der Waals surface area contributed by atoms with Crippen LogP contribution in [0.4, 0.5) is 4.79 Å². The Bertz CT molecular complexity index is 1120. The molecule has 3 N–H and O–H groups in total. The summed E-state index contributed by atoms with van der Waals surface area (Å²) in [4.78, 5) is 37.4. The first-order chi connectivity index (χ1) is 16.8. The van der Waals surface area contributed by atoms with Crippen LogP contribution in [-0.2, 0) is 14.3 Å². The second-order valence-corrected chi connectivity index (χ2v) is 10.7. The average Bonchev–Trinajstić information content (AvgIpc) is 3.26. The summed E-state index contributed by atoms with van der Waals surface area (Å²) in [6, 6.07) is 15.4. The Balaban J connectivity index is 1.20. The lowest BCUT2D eigenvalue weighted by molar-refractivity contribution is -0.143. The van der Waals surface area contributed by atoms with Crippen molar-refractivity contribution in [3.8, 4) is 11.1 Å². The largest absolute Gasteiger partial charge is 0.481 e. The van der Waals surface area contributed by atoms with E-state index in [-0.39, 0.29) is 36.3 Å². The number of benzene rings is 2. The normalized spacial score (nSPS) is 24.8. The lowest BCUT2D eigenvalue weighted by atomic mass is 9.98. The standard InChI is InChI=1S/C28H32N2O5/c1-16(2)11-24(25(31)29-18-12-17-13-28(17,14-18)26(32)33)30-27(34)35-15-23-21-9-5-3-7-19(21)20-8-4-6-10-22(20)23/h3-10,16-18,23-24H,11-15H2,1-2H3,(H,29,31)(H,30,34)(H,32,33)/t17?,18?,24-,28?/m1/s1. The van der Waals surface area contributed by atoms with Gasteiger partial charge in [0.15, 0.2) is 0 Å². The molecule has 2 saturated carbocycles. The average molecular weight is 477 g/mol. The van der Waals surface area contributed by atoms with Gasteiger partial charge in [0.1, 0.15) is 12.6 Å². The first-order valence-electron chi connectivity index (χ1n) is 12.4. The highest BCUT2D eigenvalue weighted by atomic mass is 16.5. The Morgan fingerprint density at radius 1 is 1.03 bits per heavy atom. The molecule has 0 aromatic heterocycles. The number of ether oxygens (including phenoxy) is 1. The van der Waals surface area contributed by atoms with Gasteiger partial charge in [-0.25, -0.2) is 4.79 Å². The zero-order chi connectivity index (χ0) is 24.7. The molecule has 4 atom stereocenters. The highest BCUT2D eigenvalue weighted by Gasteiger charge is 2.65. The molecule has 3 unspecified atom stereocenters. The van der Waals surface area contributed by atoms with Crippen molar-refractivity contribution in [2.24, 2.45) is 17.3 Å². The molecule has 35 heavy (non-hydrogen) atoms. The van der Waals surface area contributed by atoms with Crippen molar-refractivity contribution in [2.75, 3.05) is 6.61 Å². The Hall–Kier alpha value is -3.35. The van der Waals surface area contributed by atoms with Gasteiger partial charge in [-0.15, -0.1) is 0 Å². The lowest BCUT2D eigenvalue weighted by Gasteiger charge is -2.24. The van der Waals surface area contributed by atoms with E-state index in [2.05, 4.69) is 34.9 Å². The van der Waals surface area contributed by atoms with Crippen LogP contribution in [0.5, 0.6) is 0 Å². The predicted octanol–water partition coefficient (Wildman–Crippen LogP) is 4.31. The van der Waals surface area contributed by atoms with Gasteiger partial charge in [0.05, 0.1) is 5.41 Å². The topological polar surface area (TPSA) is 105 Å². The molecule has 3 aliphatic rings. The summed E-state index contributed by atoms with van der Waals surface area (Å²) in [5.74, 6) is -0.775. The Morgan fingerprint density at radius 3 is 2.23 bits per heavy atom. The van der Waals surface area contributed by atoms with Crippen LogP contribution < -0.4 is 10.6 Å². The molecule has 0 radical (unpaired) electrons. The third-order valence-electron chi connectivity index (χ3n) is 7.84. The summed E-state index contributed by atoms with van der Waals surface area (Å²) in [5, 5.41) is 15.2. The summed E-state index contributed by atoms with van der Waals surface area (Å²) < 4.78 is 5.64. The molecule has 7 nitrogen and oxygen atoms in total. The first-order valence-corrected chi connectivity index (χ1v) is 12.4. The van der Waals surface area contributed by atoms with E-state index in [0.717, 1.165) is 22.3 Å². The summed E-state index contributed by atoms with van der Waals surface area (Å²) in [7, 11) is 0. The summed E-state index contributed by atoms with van der Waals surface area (Å²) >= 11 is 0. The minimum absolute atomic E-state index is 0.0528. The number of amides is 2. The minimum atomic E-state index is -0.769. The number of fused-ring (bicyclic) bond motifs is 4. The zero-order valence-corrected chi connectivity index (χ0v) is 20.1. The van der Waals surface area contributed by atoms with Gasteiger partial charge in [-0.2, -0.15) is 0 Å². The summed E-state index contributed by atoms with van der Waals surface area (Å²) in [6.45, 7) is 4.16. The number of alkyl carbamates (subject to hydrolysis) is 1. The van der Waals surface area contributed by atoms with E-state index in [9.17, 15) is 19.5 Å². The summed E-state index contributed by atoms with van der Waals surface area (Å²) in [6.07, 6.45) is 1.68. The number of nitrogens with one attached hydrogen (secondary N) is 2. The molecule has 0 heterocycles. The molecule has 2 fully saturated rings. The smallest absolute Gasteiger partial charge is 0.407 e. The van der Waals surface area contributed by atoms with Gasteiger partial charge < -0.3 is 20.5 Å². The van der Waals surface area contributed by atoms with Crippen LogP contribution in [0.3, 0.4) is 0 Å². The van der Waals surface area contributed by atoms with Gasteiger partial charge in [0, 0.05) is 12.0 Å². The molecular weight excluding hydrogens is 444 g/mol. The number of aliphatic carboxylic acids is 1. The Kier molecular flexibility index (Phi) is 6.03. The van der Waals surface area contributed by atoms with E-state index in [1.165, 1.54) is 0 Å². The van der Waals surface area contributed by atoms with E-state index >= 15 is 0 Å². The van der Waals surface area contributed by atoms with Crippen LogP contribution in [0.2, 0.25) is 0 Å². The third-order valence-corrected chi connectivity index (χ3v) is 7.84. The quantitative estimate of drug-likeness (QED) is 0.527. The van der Waals surface area contributed by atoms with Crippen LogP contribution in [0.1, 0.15) is 56.6 Å². The molecule has 3 aliphatic carbocycles. The fourth-order valence-corrected chi connectivity index (χ4v) is 6.05. The molecule has 0 aliphatic heterocycles. The fourth-order valence-electron chi connectivity index (χ4n) is 6.05. The number of carboxylic acids is 1. The van der Waals surface area contributed by atoms with Crippen molar-refractivity contribution < 1.29 is 24.2 Å². The van der Waals surface area contributed by atoms with Crippen LogP contribution in [0.15, 0.2) is 48.5 Å². The summed E-state index contributed by atoms with van der Waals surface area (Å²) in [5.41, 5.74) is 3.91. The minimum Gasteiger partial charge on any atom is -0.481 e. The van der Waals surface area contributed by atoms with E-state index in [0.29, 0.717) is 25.7 Å². The van der Waals surface area contributed by atoms with Crippen LogP contribution in [0.25, 0.3) is 11.1 Å². The molecule has 2 amide bonds. The molecule has 0 saturated heterocycles. The maximum absolute atomic E-state index is 13.0. The van der Waals surface area contributed by atoms with Crippen molar-refractivity contribution in [3.63, 3.8) is 0 Å². The fraction of sp³-hybridized carbons (Fsp3) is 0.464. The van der Waals surface area contributed by atoms with Crippen molar-refractivity contribution in [1.82, 2.24) is 10.6 Å². The maximum Gasteiger partial charge on any atom is 0.407 e. The van der Waals surface area contributed by atoms with Gasteiger partial charge in [0.25, 0.3) is 0 Å². The van der Waals surface area contributed by atoms with E-state index in [4.69, 9.17) is 4.74 Å². The van der Waals surface area contributed by atoms with Gasteiger partial charge in [-0.1, -0.05) is 62.4 Å². The van der Waals surface area contributed by atoms with E-state index in [1.807, 2.05) is 38.1 Å². The Morgan fingerprint density at radius 2 is 1.66 bits per heavy atom. The number of rotatable bonds is 8. The van der Waals surface area contributed by atoms with E-state index in [1.54, 1.807) is 0 Å². The molecule has 0 spiro atoms. The number of hydrogen-bond acceptors (Lipinski definition) is 4. The van der Waals surface area contributed by atoms with Crippen molar-refractivity contribution in [1.29, 1.82) is 0 Å². The van der Waals surface area contributed by atoms with Crippen molar-refractivity contribution in [2.45, 2.75) is 57.5 Å². The van der Waals surface area contributed by atoms with Gasteiger partial charge >= 0.3 is 12.1 Å². The molecule has 184 valence electrons. The van der Waals surface area contributed by atoms with Crippen molar-refractivity contribution >= 4 is 18.0 Å². The molecule has 2 aromatic carbocycles. The van der Waals surface area contributed by atoms with Crippen LogP contribution in [-0.4, -0.2) is 41.8 Å². The predicted molar refractivity (Wildman–Crippen MR) is 131 cm³/mol. The van der Waals surface area contributed by atoms with Crippen LogP contribution in [0, 0.1) is 17.3 Å². The number of carbonyl (C=O) groups excluding carboxylic acids is 2. The third kappa shape index (κ3) is 4.40. The Labute approximate surface area is 205 Å². The second-order valence-electron chi connectivity index (χ2n) is 10.7. The van der Waals surface area contributed by atoms with E-state index < -0.39 is 23.5 Å². The van der Waals surface area contributed by atoms with Crippen LogP contribution >= 0.6 is 0 Å². The van der Waals surface area contributed by atoms with Gasteiger partial charge in [-0.3, -0.25) is 9.59 Å². The van der Waals surface area contributed by atoms with Crippen molar-refractivity contribution in [3.05, 3.63) is 59.7 Å². The first kappa shape index (κ1) is 23.4. The highest BCUT2D eigenvalue weighted by molar-refractivity contribution is 5.86. The highest BCUT2D eigenvalue weighted by Crippen LogP contribution is 2.63. The molecular formula is C28H32N2O5. The molecule has 5 rings (SSSR count). The SMILES string of the molecule is CC(C)C[C@@H](NC(=O)OCC1c2ccccc2-c2ccccc21)C(=O)NC1CC2CC2(C(=O)O)C1. The molecule has 7 heteroatoms. The molecule has 0 bridgehead atoms.